The van der Waals surface area contributed by atoms with Crippen molar-refractivity contribution in [3.05, 3.63) is 22.4 Å². The van der Waals surface area contributed by atoms with E-state index in [1.807, 2.05) is 6.92 Å². The second-order valence-corrected chi connectivity index (χ2v) is 7.37. The predicted molar refractivity (Wildman–Crippen MR) is 90.5 cm³/mol. The van der Waals surface area contributed by atoms with Crippen molar-refractivity contribution < 1.29 is 19.2 Å². The van der Waals surface area contributed by atoms with Crippen LogP contribution in [0.4, 0.5) is 4.79 Å². The average Bonchev–Trinajstić information content (AvgIpc) is 3.20. The van der Waals surface area contributed by atoms with Crippen LogP contribution < -0.4 is 16.2 Å². The summed E-state index contributed by atoms with van der Waals surface area (Å²) in [6, 6.07) is 2.79. The van der Waals surface area contributed by atoms with Gasteiger partial charge in [0, 0.05) is 0 Å². The number of imide groups is 1. The zero-order valence-electron chi connectivity index (χ0n) is 13.8. The van der Waals surface area contributed by atoms with Crippen LogP contribution in [0.25, 0.3) is 0 Å². The number of rotatable bonds is 3. The molecule has 3 N–H and O–H groups in total. The normalized spacial score (nSPS) is 25.8. The molecule has 2 atom stereocenters. The van der Waals surface area contributed by atoms with Gasteiger partial charge in [0.25, 0.3) is 17.7 Å². The number of hydrazine groups is 1. The lowest BCUT2D eigenvalue weighted by molar-refractivity contribution is -0.137. The summed E-state index contributed by atoms with van der Waals surface area (Å²) in [5.74, 6) is -1.40. The van der Waals surface area contributed by atoms with Crippen molar-refractivity contribution in [2.75, 3.05) is 6.54 Å². The van der Waals surface area contributed by atoms with Gasteiger partial charge in [-0.1, -0.05) is 25.8 Å². The number of nitrogens with one attached hydrogen (secondary N) is 3. The fraction of sp³-hybridized carbons (Fsp3) is 0.500. The maximum atomic E-state index is 12.7. The first-order valence-corrected chi connectivity index (χ1v) is 9.09. The summed E-state index contributed by atoms with van der Waals surface area (Å²) < 4.78 is 0. The average molecular weight is 364 g/mol. The molecular weight excluding hydrogens is 344 g/mol. The Morgan fingerprint density at radius 2 is 2.16 bits per heavy atom. The largest absolute Gasteiger partial charge is 0.325 e. The molecule has 8 nitrogen and oxygen atoms in total. The van der Waals surface area contributed by atoms with Crippen LogP contribution in [0.5, 0.6) is 0 Å². The molecule has 1 saturated carbocycles. The molecule has 9 heteroatoms. The van der Waals surface area contributed by atoms with Crippen LogP contribution in [-0.4, -0.2) is 40.7 Å². The van der Waals surface area contributed by atoms with Crippen LogP contribution in [0.2, 0.25) is 0 Å². The van der Waals surface area contributed by atoms with E-state index in [1.54, 1.807) is 17.5 Å². The molecule has 1 aliphatic heterocycles. The zero-order valence-corrected chi connectivity index (χ0v) is 14.6. The van der Waals surface area contributed by atoms with Crippen LogP contribution in [-0.2, 0) is 9.59 Å². The van der Waals surface area contributed by atoms with Gasteiger partial charge in [-0.05, 0) is 30.2 Å². The molecule has 0 radical (unpaired) electrons. The van der Waals surface area contributed by atoms with Crippen molar-refractivity contribution in [1.82, 2.24) is 21.1 Å². The Labute approximate surface area is 148 Å². The Morgan fingerprint density at radius 3 is 2.84 bits per heavy atom. The number of carbonyl (C=O) groups is 4. The lowest BCUT2D eigenvalue weighted by Crippen LogP contribution is -2.54. The van der Waals surface area contributed by atoms with Crippen molar-refractivity contribution in [3.63, 3.8) is 0 Å². The maximum absolute atomic E-state index is 12.7. The smallest absolute Gasteiger partial charge is 0.323 e. The number of hydrogen-bond acceptors (Lipinski definition) is 5. The number of nitrogens with zero attached hydrogens (tertiary/aromatic N) is 1. The summed E-state index contributed by atoms with van der Waals surface area (Å²) in [5.41, 5.74) is 3.61. The van der Waals surface area contributed by atoms with E-state index in [-0.39, 0.29) is 11.8 Å². The van der Waals surface area contributed by atoms with Crippen molar-refractivity contribution in [1.29, 1.82) is 0 Å². The number of hydrogen-bond donors (Lipinski definition) is 3. The van der Waals surface area contributed by atoms with Crippen LogP contribution in [0.15, 0.2) is 17.5 Å². The molecule has 0 aromatic carbocycles. The minimum Gasteiger partial charge on any atom is -0.323 e. The minimum absolute atomic E-state index is 0.0318. The molecule has 1 aliphatic carbocycles. The molecule has 5 amide bonds. The van der Waals surface area contributed by atoms with Gasteiger partial charge in [0.05, 0.1) is 4.88 Å². The highest BCUT2D eigenvalue weighted by atomic mass is 32.1. The first kappa shape index (κ1) is 17.4. The van der Waals surface area contributed by atoms with Crippen LogP contribution in [0.3, 0.4) is 0 Å². The molecule has 0 unspecified atom stereocenters. The van der Waals surface area contributed by atoms with Crippen LogP contribution >= 0.6 is 11.3 Å². The lowest BCUT2D eigenvalue weighted by Gasteiger charge is -2.36. The third-order valence-electron chi connectivity index (χ3n) is 4.86. The zero-order chi connectivity index (χ0) is 18.0. The quantitative estimate of drug-likeness (QED) is 0.549. The minimum atomic E-state index is -0.893. The number of urea groups is 1. The van der Waals surface area contributed by atoms with Gasteiger partial charge < -0.3 is 5.32 Å². The van der Waals surface area contributed by atoms with Gasteiger partial charge in [0.15, 0.2) is 0 Å². The van der Waals surface area contributed by atoms with E-state index in [0.29, 0.717) is 11.3 Å². The number of carbonyl (C=O) groups excluding carboxylic acids is 4. The number of amides is 5. The third kappa shape index (κ3) is 3.23. The SMILES string of the molecule is C[C@H]1CCCC[C@]12NC(=O)N(CC(=O)NNC(=O)c1cccs1)C2=O. The molecule has 0 bridgehead atoms. The molecule has 3 rings (SSSR count). The van der Waals surface area contributed by atoms with E-state index in [0.717, 1.165) is 24.2 Å². The van der Waals surface area contributed by atoms with E-state index in [2.05, 4.69) is 16.2 Å². The van der Waals surface area contributed by atoms with Gasteiger partial charge >= 0.3 is 6.03 Å². The van der Waals surface area contributed by atoms with Crippen molar-refractivity contribution >= 4 is 35.1 Å². The van der Waals surface area contributed by atoms with Gasteiger partial charge in [-0.15, -0.1) is 11.3 Å². The molecule has 1 spiro atoms. The first-order chi connectivity index (χ1) is 11.9. The summed E-state index contributed by atoms with van der Waals surface area (Å²) in [7, 11) is 0. The molecule has 2 aliphatic rings. The van der Waals surface area contributed by atoms with E-state index >= 15 is 0 Å². The molecule has 2 heterocycles. The van der Waals surface area contributed by atoms with Crippen LogP contribution in [0, 0.1) is 5.92 Å². The summed E-state index contributed by atoms with van der Waals surface area (Å²) in [6.07, 6.45) is 3.35. The number of thiophene rings is 1. The standard InChI is InChI=1S/C16H20N4O4S/c1-10-5-2-3-7-16(10)14(23)20(15(24)17-16)9-12(21)18-19-13(22)11-6-4-8-25-11/h4,6,8,10H,2-3,5,7,9H2,1H3,(H,17,24)(H,18,21)(H,19,22)/t10-,16-/m0/s1. The highest BCUT2D eigenvalue weighted by Gasteiger charge is 2.55. The molecule has 25 heavy (non-hydrogen) atoms. The van der Waals surface area contributed by atoms with Gasteiger partial charge in [-0.25, -0.2) is 4.79 Å². The summed E-state index contributed by atoms with van der Waals surface area (Å²) in [4.78, 5) is 50.1. The molecule has 2 fully saturated rings. The first-order valence-electron chi connectivity index (χ1n) is 8.21. The fourth-order valence-corrected chi connectivity index (χ4v) is 4.04. The summed E-state index contributed by atoms with van der Waals surface area (Å²) >= 11 is 1.24. The van der Waals surface area contributed by atoms with E-state index in [1.165, 1.54) is 11.3 Å². The van der Waals surface area contributed by atoms with Crippen molar-refractivity contribution in [2.24, 2.45) is 5.92 Å². The Morgan fingerprint density at radius 1 is 1.36 bits per heavy atom. The Hall–Kier alpha value is -2.42. The van der Waals surface area contributed by atoms with Gasteiger partial charge in [-0.3, -0.25) is 30.1 Å². The summed E-state index contributed by atoms with van der Waals surface area (Å²) in [6.45, 7) is 1.52. The Bertz CT molecular complexity index is 705. The Balaban J connectivity index is 1.58. The second-order valence-electron chi connectivity index (χ2n) is 6.42. The summed E-state index contributed by atoms with van der Waals surface area (Å²) in [5, 5.41) is 4.53. The highest BCUT2D eigenvalue weighted by Crippen LogP contribution is 2.38. The van der Waals surface area contributed by atoms with Crippen molar-refractivity contribution in [2.45, 2.75) is 38.1 Å². The monoisotopic (exact) mass is 364 g/mol. The molecular formula is C16H20N4O4S. The molecule has 1 aromatic heterocycles. The predicted octanol–water partition coefficient (Wildman–Crippen LogP) is 1.01. The molecule has 1 saturated heterocycles. The Kier molecular flexibility index (Phi) is 4.76. The fourth-order valence-electron chi connectivity index (χ4n) is 3.42. The highest BCUT2D eigenvalue weighted by molar-refractivity contribution is 7.12. The van der Waals surface area contributed by atoms with E-state index < -0.39 is 29.9 Å². The van der Waals surface area contributed by atoms with E-state index in [9.17, 15) is 19.2 Å². The second kappa shape index (κ2) is 6.83. The van der Waals surface area contributed by atoms with E-state index in [4.69, 9.17) is 0 Å². The lowest BCUT2D eigenvalue weighted by atomic mass is 9.73. The van der Waals surface area contributed by atoms with Gasteiger partial charge in [0.1, 0.15) is 12.1 Å². The van der Waals surface area contributed by atoms with Crippen LogP contribution in [0.1, 0.15) is 42.3 Å². The van der Waals surface area contributed by atoms with Gasteiger partial charge in [0.2, 0.25) is 0 Å². The van der Waals surface area contributed by atoms with Crippen molar-refractivity contribution in [3.8, 4) is 0 Å². The third-order valence-corrected chi connectivity index (χ3v) is 5.73. The molecule has 134 valence electrons. The molecule has 1 aromatic rings. The maximum Gasteiger partial charge on any atom is 0.325 e. The van der Waals surface area contributed by atoms with Gasteiger partial charge in [-0.2, -0.15) is 0 Å². The topological polar surface area (TPSA) is 108 Å².